The molecular formula is C22H27N5O2S2. The van der Waals surface area contributed by atoms with Crippen molar-refractivity contribution >= 4 is 35.0 Å². The van der Waals surface area contributed by atoms with Gasteiger partial charge in [-0.3, -0.25) is 14.7 Å². The van der Waals surface area contributed by atoms with Crippen LogP contribution in [0.5, 0.6) is 0 Å². The number of hydrogen-bond acceptors (Lipinski definition) is 6. The van der Waals surface area contributed by atoms with Gasteiger partial charge in [0.25, 0.3) is 0 Å². The number of nitrogens with zero attached hydrogens (tertiary/aromatic N) is 3. The molecule has 0 unspecified atom stereocenters. The molecule has 0 saturated heterocycles. The zero-order valence-electron chi connectivity index (χ0n) is 17.4. The van der Waals surface area contributed by atoms with Crippen molar-refractivity contribution in [2.24, 2.45) is 17.8 Å². The van der Waals surface area contributed by atoms with Gasteiger partial charge in [-0.05, 0) is 80.6 Å². The number of thiophene rings is 1. The molecule has 0 spiro atoms. The standard InChI is InChI=1S/C22H27N5O2S2/c28-18(23-20(29)24-22-9-13-6-14(10-22)8-15(7-13)11-22)12-31-21-26-25-19(17-2-1-5-30-17)27(21)16-3-4-16/h1-2,5,13-16H,3-4,6-12H2,(H2,23,24,28,29). The van der Waals surface area contributed by atoms with Crippen LogP contribution >= 0.6 is 23.1 Å². The van der Waals surface area contributed by atoms with E-state index in [0.717, 1.165) is 65.7 Å². The number of carbonyl (C=O) groups excluding carboxylic acids is 2. The number of aromatic nitrogens is 3. The average Bonchev–Trinajstić information content (AvgIpc) is 3.21. The highest BCUT2D eigenvalue weighted by Crippen LogP contribution is 2.55. The fourth-order valence-corrected chi connectivity index (χ4v) is 7.95. The Labute approximate surface area is 189 Å². The third kappa shape index (κ3) is 3.91. The molecule has 5 fully saturated rings. The van der Waals surface area contributed by atoms with Crippen molar-refractivity contribution in [1.82, 2.24) is 25.4 Å². The first-order valence-corrected chi connectivity index (χ1v) is 13.2. The van der Waals surface area contributed by atoms with Crippen LogP contribution in [0.1, 0.15) is 57.4 Å². The summed E-state index contributed by atoms with van der Waals surface area (Å²) in [5, 5.41) is 17.3. The maximum absolute atomic E-state index is 12.6. The highest BCUT2D eigenvalue weighted by molar-refractivity contribution is 7.99. The van der Waals surface area contributed by atoms with Crippen LogP contribution < -0.4 is 10.6 Å². The molecule has 2 aromatic rings. The lowest BCUT2D eigenvalue weighted by atomic mass is 9.53. The van der Waals surface area contributed by atoms with Crippen LogP contribution in [0.2, 0.25) is 0 Å². The number of amides is 3. The van der Waals surface area contributed by atoms with Gasteiger partial charge in [-0.1, -0.05) is 17.8 Å². The largest absolute Gasteiger partial charge is 0.332 e. The molecule has 4 bridgehead atoms. The molecule has 5 aliphatic carbocycles. The Morgan fingerprint density at radius 1 is 1.13 bits per heavy atom. The minimum Gasteiger partial charge on any atom is -0.332 e. The van der Waals surface area contributed by atoms with Gasteiger partial charge in [0.05, 0.1) is 10.6 Å². The van der Waals surface area contributed by atoms with E-state index >= 15 is 0 Å². The number of thioether (sulfide) groups is 1. The fourth-order valence-electron chi connectivity index (χ4n) is 6.44. The maximum Gasteiger partial charge on any atom is 0.321 e. The second-order valence-electron chi connectivity index (χ2n) is 9.87. The predicted octanol–water partition coefficient (Wildman–Crippen LogP) is 4.23. The number of carbonyl (C=O) groups is 2. The molecule has 0 radical (unpaired) electrons. The summed E-state index contributed by atoms with van der Waals surface area (Å²) in [5.41, 5.74) is -0.0893. The molecule has 31 heavy (non-hydrogen) atoms. The summed E-state index contributed by atoms with van der Waals surface area (Å²) in [6.07, 6.45) is 9.43. The Morgan fingerprint density at radius 2 is 1.84 bits per heavy atom. The van der Waals surface area contributed by atoms with Crippen molar-refractivity contribution in [1.29, 1.82) is 0 Å². The van der Waals surface area contributed by atoms with Crippen molar-refractivity contribution in [3.05, 3.63) is 17.5 Å². The lowest BCUT2D eigenvalue weighted by molar-refractivity contribution is -0.117. The minimum absolute atomic E-state index is 0.0893. The van der Waals surface area contributed by atoms with Crippen molar-refractivity contribution < 1.29 is 9.59 Å². The molecule has 5 aliphatic rings. The van der Waals surface area contributed by atoms with Crippen LogP contribution in [0.25, 0.3) is 10.7 Å². The van der Waals surface area contributed by atoms with Crippen LogP contribution in [0.4, 0.5) is 4.79 Å². The average molecular weight is 458 g/mol. The van der Waals surface area contributed by atoms with E-state index in [0.29, 0.717) is 6.04 Å². The van der Waals surface area contributed by atoms with Crippen molar-refractivity contribution in [3.8, 4) is 10.7 Å². The third-order valence-electron chi connectivity index (χ3n) is 7.32. The molecule has 7 rings (SSSR count). The van der Waals surface area contributed by atoms with E-state index in [2.05, 4.69) is 25.4 Å². The van der Waals surface area contributed by atoms with Crippen molar-refractivity contribution in [2.45, 2.75) is 68.1 Å². The minimum atomic E-state index is -0.338. The van der Waals surface area contributed by atoms with E-state index in [9.17, 15) is 9.59 Å². The topological polar surface area (TPSA) is 88.9 Å². The van der Waals surface area contributed by atoms with Gasteiger partial charge in [-0.2, -0.15) is 0 Å². The second kappa shape index (κ2) is 7.62. The maximum atomic E-state index is 12.6. The zero-order chi connectivity index (χ0) is 21.0. The van der Waals surface area contributed by atoms with E-state index in [4.69, 9.17) is 0 Å². The van der Waals surface area contributed by atoms with E-state index in [1.165, 1.54) is 31.0 Å². The summed E-state index contributed by atoms with van der Waals surface area (Å²) in [4.78, 5) is 26.2. The third-order valence-corrected chi connectivity index (χ3v) is 9.13. The smallest absolute Gasteiger partial charge is 0.321 e. The lowest BCUT2D eigenvalue weighted by Crippen LogP contribution is -2.61. The number of imide groups is 1. The van der Waals surface area contributed by atoms with Crippen LogP contribution in [0.3, 0.4) is 0 Å². The Kier molecular flexibility index (Phi) is 4.86. The fraction of sp³-hybridized carbons (Fsp3) is 0.636. The second-order valence-corrected chi connectivity index (χ2v) is 11.8. The molecular weight excluding hydrogens is 430 g/mol. The van der Waals surface area contributed by atoms with Gasteiger partial charge in [0.1, 0.15) is 0 Å². The molecule has 7 nitrogen and oxygen atoms in total. The normalized spacial score (nSPS) is 31.0. The van der Waals surface area contributed by atoms with Gasteiger partial charge in [0.2, 0.25) is 5.91 Å². The SMILES string of the molecule is O=C(CSc1nnc(-c2cccs2)n1C1CC1)NC(=O)NC12CC3CC(CC(C3)C1)C2. The first-order chi connectivity index (χ1) is 15.1. The van der Waals surface area contributed by atoms with Gasteiger partial charge < -0.3 is 5.32 Å². The highest BCUT2D eigenvalue weighted by atomic mass is 32.2. The molecule has 2 aromatic heterocycles. The van der Waals surface area contributed by atoms with Crippen LogP contribution in [-0.4, -0.2) is 38.0 Å². The van der Waals surface area contributed by atoms with Gasteiger partial charge in [-0.25, -0.2) is 4.79 Å². The summed E-state index contributed by atoms with van der Waals surface area (Å²) >= 11 is 3.00. The van der Waals surface area contributed by atoms with Crippen LogP contribution in [0.15, 0.2) is 22.7 Å². The van der Waals surface area contributed by atoms with Gasteiger partial charge in [0, 0.05) is 11.6 Å². The van der Waals surface area contributed by atoms with Gasteiger partial charge >= 0.3 is 6.03 Å². The summed E-state index contributed by atoms with van der Waals surface area (Å²) < 4.78 is 2.15. The van der Waals surface area contributed by atoms with Crippen LogP contribution in [0, 0.1) is 17.8 Å². The van der Waals surface area contributed by atoms with Crippen molar-refractivity contribution in [2.75, 3.05) is 5.75 Å². The van der Waals surface area contributed by atoms with Crippen molar-refractivity contribution in [3.63, 3.8) is 0 Å². The Morgan fingerprint density at radius 3 is 2.45 bits per heavy atom. The summed E-state index contributed by atoms with van der Waals surface area (Å²) in [6, 6.07) is 4.13. The summed E-state index contributed by atoms with van der Waals surface area (Å²) in [6.45, 7) is 0. The number of nitrogens with one attached hydrogen (secondary N) is 2. The summed E-state index contributed by atoms with van der Waals surface area (Å²) in [7, 11) is 0. The Bertz CT molecular complexity index is 962. The molecule has 2 N–H and O–H groups in total. The monoisotopic (exact) mass is 457 g/mol. The zero-order valence-corrected chi connectivity index (χ0v) is 19.0. The van der Waals surface area contributed by atoms with Crippen LogP contribution in [-0.2, 0) is 4.79 Å². The van der Waals surface area contributed by atoms with E-state index in [-0.39, 0.29) is 23.2 Å². The molecule has 0 aromatic carbocycles. The highest BCUT2D eigenvalue weighted by Gasteiger charge is 2.51. The van der Waals surface area contributed by atoms with Gasteiger partial charge in [-0.15, -0.1) is 21.5 Å². The van der Waals surface area contributed by atoms with E-state index in [1.54, 1.807) is 11.3 Å². The lowest BCUT2D eigenvalue weighted by Gasteiger charge is -2.56. The Hall–Kier alpha value is -1.87. The molecule has 0 aliphatic heterocycles. The molecule has 164 valence electrons. The number of rotatable bonds is 6. The quantitative estimate of drug-likeness (QED) is 0.634. The molecule has 2 heterocycles. The van der Waals surface area contributed by atoms with E-state index < -0.39 is 0 Å². The van der Waals surface area contributed by atoms with E-state index in [1.807, 2.05) is 17.5 Å². The summed E-state index contributed by atoms with van der Waals surface area (Å²) in [5.74, 6) is 3.01. The molecule has 0 atom stereocenters. The molecule has 5 saturated carbocycles. The number of urea groups is 1. The first-order valence-electron chi connectivity index (χ1n) is 11.3. The molecule has 9 heteroatoms. The predicted molar refractivity (Wildman–Crippen MR) is 120 cm³/mol. The Balaban J connectivity index is 1.06. The first kappa shape index (κ1) is 19.8. The van der Waals surface area contributed by atoms with Gasteiger partial charge in [0.15, 0.2) is 11.0 Å². The number of hydrogen-bond donors (Lipinski definition) is 2. The molecule has 3 amide bonds.